The van der Waals surface area contributed by atoms with E-state index < -0.39 is 0 Å². The van der Waals surface area contributed by atoms with E-state index >= 15 is 0 Å². The van der Waals surface area contributed by atoms with E-state index in [2.05, 4.69) is 12.1 Å². The molecule has 1 aromatic carbocycles. The lowest BCUT2D eigenvalue weighted by atomic mass is 10.1. The third-order valence-corrected chi connectivity index (χ3v) is 4.88. The highest BCUT2D eigenvalue weighted by Gasteiger charge is 2.05. The molecule has 1 rings (SSSR count). The molecule has 0 aliphatic carbocycles. The zero-order valence-electron chi connectivity index (χ0n) is 14.5. The maximum Gasteiger partial charge on any atom is 0.123 e. The molecular formula is C19H30FNOS. The standard InChI is InChI=1S/C19H30FNOS/c1-3-4-5-6-7-8-15-23-16-9-10-19(21-22-2)17-11-13-18(20)14-12-17/h11-14H,3-10,15-16H2,1-2H3/b21-19-. The number of oxime groups is 1. The highest BCUT2D eigenvalue weighted by molar-refractivity contribution is 7.99. The van der Waals surface area contributed by atoms with Crippen molar-refractivity contribution in [2.75, 3.05) is 18.6 Å². The quantitative estimate of drug-likeness (QED) is 0.248. The molecule has 0 radical (unpaired) electrons. The number of unbranched alkanes of at least 4 members (excludes halogenated alkanes) is 5. The van der Waals surface area contributed by atoms with Gasteiger partial charge in [0, 0.05) is 0 Å². The van der Waals surface area contributed by atoms with Gasteiger partial charge in [-0.3, -0.25) is 0 Å². The molecule has 0 bridgehead atoms. The second-order valence-electron chi connectivity index (χ2n) is 5.71. The zero-order chi connectivity index (χ0) is 16.8. The van der Waals surface area contributed by atoms with E-state index in [1.54, 1.807) is 19.2 Å². The fourth-order valence-corrected chi connectivity index (χ4v) is 3.38. The predicted octanol–water partition coefficient (Wildman–Crippen LogP) is 6.05. The van der Waals surface area contributed by atoms with Crippen molar-refractivity contribution in [1.29, 1.82) is 0 Å². The molecule has 0 aliphatic heterocycles. The smallest absolute Gasteiger partial charge is 0.123 e. The van der Waals surface area contributed by atoms with Crippen molar-refractivity contribution in [3.63, 3.8) is 0 Å². The van der Waals surface area contributed by atoms with Crippen LogP contribution >= 0.6 is 11.8 Å². The summed E-state index contributed by atoms with van der Waals surface area (Å²) in [5.41, 5.74) is 1.84. The molecule has 0 saturated carbocycles. The molecule has 2 nitrogen and oxygen atoms in total. The first-order valence-electron chi connectivity index (χ1n) is 8.71. The normalized spacial score (nSPS) is 11.7. The van der Waals surface area contributed by atoms with Gasteiger partial charge in [0.1, 0.15) is 12.9 Å². The van der Waals surface area contributed by atoms with Crippen LogP contribution < -0.4 is 0 Å². The molecule has 23 heavy (non-hydrogen) atoms. The Bertz CT molecular complexity index is 434. The van der Waals surface area contributed by atoms with Crippen LogP contribution in [0.15, 0.2) is 29.4 Å². The summed E-state index contributed by atoms with van der Waals surface area (Å²) < 4.78 is 13.0. The number of thioether (sulfide) groups is 1. The van der Waals surface area contributed by atoms with E-state index in [4.69, 9.17) is 4.84 Å². The first-order valence-corrected chi connectivity index (χ1v) is 9.87. The van der Waals surface area contributed by atoms with Crippen molar-refractivity contribution in [3.8, 4) is 0 Å². The van der Waals surface area contributed by atoms with Crippen LogP contribution in [0.1, 0.15) is 63.9 Å². The summed E-state index contributed by atoms with van der Waals surface area (Å²) in [5, 5.41) is 4.08. The number of hydrogen-bond donors (Lipinski definition) is 0. The van der Waals surface area contributed by atoms with Crippen molar-refractivity contribution in [2.45, 2.75) is 58.3 Å². The summed E-state index contributed by atoms with van der Waals surface area (Å²) in [4.78, 5) is 4.92. The van der Waals surface area contributed by atoms with Gasteiger partial charge in [-0.1, -0.05) is 56.3 Å². The van der Waals surface area contributed by atoms with Gasteiger partial charge >= 0.3 is 0 Å². The number of hydrogen-bond acceptors (Lipinski definition) is 3. The third kappa shape index (κ3) is 9.65. The van der Waals surface area contributed by atoms with Crippen LogP contribution in [0.2, 0.25) is 0 Å². The van der Waals surface area contributed by atoms with Gasteiger partial charge in [0.05, 0.1) is 5.71 Å². The summed E-state index contributed by atoms with van der Waals surface area (Å²) >= 11 is 2.02. The molecule has 0 unspecified atom stereocenters. The second-order valence-corrected chi connectivity index (χ2v) is 6.94. The van der Waals surface area contributed by atoms with Crippen LogP contribution in [-0.2, 0) is 4.84 Å². The van der Waals surface area contributed by atoms with Crippen molar-refractivity contribution in [1.82, 2.24) is 0 Å². The molecule has 4 heteroatoms. The largest absolute Gasteiger partial charge is 0.399 e. The predicted molar refractivity (Wildman–Crippen MR) is 99.9 cm³/mol. The molecule has 0 heterocycles. The minimum atomic E-state index is -0.222. The van der Waals surface area contributed by atoms with Crippen LogP contribution in [-0.4, -0.2) is 24.3 Å². The highest BCUT2D eigenvalue weighted by Crippen LogP contribution is 2.14. The molecule has 0 spiro atoms. The minimum absolute atomic E-state index is 0.222. The summed E-state index contributed by atoms with van der Waals surface area (Å²) in [6.07, 6.45) is 10.1. The summed E-state index contributed by atoms with van der Waals surface area (Å²) in [6, 6.07) is 6.45. The third-order valence-electron chi connectivity index (χ3n) is 3.72. The maximum atomic E-state index is 13.0. The Morgan fingerprint density at radius 2 is 1.65 bits per heavy atom. The zero-order valence-corrected chi connectivity index (χ0v) is 15.3. The Labute approximate surface area is 144 Å². The van der Waals surface area contributed by atoms with Crippen LogP contribution in [0, 0.1) is 5.82 Å². The van der Waals surface area contributed by atoms with Crippen LogP contribution in [0.4, 0.5) is 4.39 Å². The van der Waals surface area contributed by atoms with Gasteiger partial charge in [-0.15, -0.1) is 0 Å². The Hall–Kier alpha value is -1.03. The summed E-state index contributed by atoms with van der Waals surface area (Å²) in [7, 11) is 1.55. The van der Waals surface area contributed by atoms with Gasteiger partial charge < -0.3 is 4.84 Å². The van der Waals surface area contributed by atoms with E-state index in [1.807, 2.05) is 11.8 Å². The number of halogens is 1. The fourth-order valence-electron chi connectivity index (χ4n) is 2.42. The Morgan fingerprint density at radius 1 is 1.00 bits per heavy atom. The van der Waals surface area contributed by atoms with E-state index in [0.717, 1.165) is 29.9 Å². The maximum absolute atomic E-state index is 13.0. The highest BCUT2D eigenvalue weighted by atomic mass is 32.2. The van der Waals surface area contributed by atoms with Gasteiger partial charge in [0.25, 0.3) is 0 Å². The van der Waals surface area contributed by atoms with Crippen LogP contribution in [0.25, 0.3) is 0 Å². The Morgan fingerprint density at radius 3 is 2.35 bits per heavy atom. The van der Waals surface area contributed by atoms with E-state index in [-0.39, 0.29) is 5.82 Å². The van der Waals surface area contributed by atoms with Gasteiger partial charge in [0.15, 0.2) is 0 Å². The van der Waals surface area contributed by atoms with Gasteiger partial charge in [0.2, 0.25) is 0 Å². The molecule has 0 N–H and O–H groups in total. The number of nitrogens with zero attached hydrogens (tertiary/aromatic N) is 1. The number of rotatable bonds is 13. The first-order chi connectivity index (χ1) is 11.3. The van der Waals surface area contributed by atoms with Crippen molar-refractivity contribution < 1.29 is 9.23 Å². The molecule has 0 atom stereocenters. The molecule has 0 fully saturated rings. The fraction of sp³-hybridized carbons (Fsp3) is 0.632. The summed E-state index contributed by atoms with van der Waals surface area (Å²) in [5.74, 6) is 2.17. The molecule has 130 valence electrons. The lowest BCUT2D eigenvalue weighted by Gasteiger charge is -2.06. The lowest BCUT2D eigenvalue weighted by molar-refractivity contribution is 0.213. The topological polar surface area (TPSA) is 21.6 Å². The van der Waals surface area contributed by atoms with Gasteiger partial charge in [-0.05, 0) is 48.5 Å². The van der Waals surface area contributed by atoms with Crippen molar-refractivity contribution >= 4 is 17.5 Å². The molecule has 0 amide bonds. The van der Waals surface area contributed by atoms with E-state index in [1.165, 1.54) is 56.4 Å². The van der Waals surface area contributed by atoms with E-state index in [9.17, 15) is 4.39 Å². The Balaban J connectivity index is 2.15. The average molecular weight is 340 g/mol. The van der Waals surface area contributed by atoms with Crippen molar-refractivity contribution in [3.05, 3.63) is 35.6 Å². The molecule has 0 saturated heterocycles. The molecular weight excluding hydrogens is 309 g/mol. The van der Waals surface area contributed by atoms with Gasteiger partial charge in [-0.2, -0.15) is 11.8 Å². The van der Waals surface area contributed by atoms with Gasteiger partial charge in [-0.25, -0.2) is 4.39 Å². The first kappa shape index (κ1) is 20.0. The average Bonchev–Trinajstić information content (AvgIpc) is 2.56. The molecule has 1 aromatic rings. The van der Waals surface area contributed by atoms with Crippen LogP contribution in [0.5, 0.6) is 0 Å². The van der Waals surface area contributed by atoms with E-state index in [0.29, 0.717) is 0 Å². The lowest BCUT2D eigenvalue weighted by Crippen LogP contribution is -2.03. The monoisotopic (exact) mass is 339 g/mol. The Kier molecular flexibility index (Phi) is 11.7. The number of benzene rings is 1. The SMILES string of the molecule is CCCCCCCCSCCC/C(=N/OC)c1ccc(F)cc1. The van der Waals surface area contributed by atoms with Crippen molar-refractivity contribution in [2.24, 2.45) is 5.16 Å². The summed E-state index contributed by atoms with van der Waals surface area (Å²) in [6.45, 7) is 2.25. The van der Waals surface area contributed by atoms with Crippen LogP contribution in [0.3, 0.4) is 0 Å². The molecule has 0 aliphatic rings. The minimum Gasteiger partial charge on any atom is -0.399 e. The second kappa shape index (κ2) is 13.4. The molecule has 0 aromatic heterocycles.